The summed E-state index contributed by atoms with van der Waals surface area (Å²) in [6, 6.07) is 11.1. The number of likely N-dealkylation sites (N-methyl/N-ethyl adjacent to an activating group) is 1. The number of amides is 3. The molecule has 0 aromatic heterocycles. The van der Waals surface area contributed by atoms with Gasteiger partial charge in [-0.3, -0.25) is 14.4 Å². The molecule has 3 amide bonds. The highest BCUT2D eigenvalue weighted by atomic mass is 19.1. The Morgan fingerprint density at radius 3 is 2.30 bits per heavy atom. The van der Waals surface area contributed by atoms with Gasteiger partial charge in [0.25, 0.3) is 5.91 Å². The first-order valence-corrected chi connectivity index (χ1v) is 8.20. The Morgan fingerprint density at radius 2 is 1.70 bits per heavy atom. The fraction of sp³-hybridized carbons (Fsp3) is 0.211. The minimum absolute atomic E-state index is 0.122. The second-order valence-corrected chi connectivity index (χ2v) is 6.08. The third-order valence-corrected chi connectivity index (χ3v) is 3.82. The molecule has 0 spiro atoms. The molecule has 2 aromatic carbocycles. The molecule has 27 heavy (non-hydrogen) atoms. The van der Waals surface area contributed by atoms with Gasteiger partial charge in [0.05, 0.1) is 18.7 Å². The minimum atomic E-state index is -0.866. The Morgan fingerprint density at radius 1 is 1.07 bits per heavy atom. The highest BCUT2D eigenvalue weighted by Crippen LogP contribution is 2.14. The molecule has 0 saturated carbocycles. The molecule has 142 valence electrons. The van der Waals surface area contributed by atoms with E-state index in [-0.39, 0.29) is 30.5 Å². The Labute approximate surface area is 156 Å². The smallest absolute Gasteiger partial charge is 0.251 e. The van der Waals surface area contributed by atoms with Gasteiger partial charge < -0.3 is 21.3 Å². The monoisotopic (exact) mass is 372 g/mol. The van der Waals surface area contributed by atoms with Crippen molar-refractivity contribution < 1.29 is 18.8 Å². The lowest BCUT2D eigenvalue weighted by Crippen LogP contribution is -2.38. The van der Waals surface area contributed by atoms with E-state index in [9.17, 15) is 18.8 Å². The quantitative estimate of drug-likeness (QED) is 0.688. The molecule has 0 fully saturated rings. The molecular formula is C19H21FN4O3. The predicted octanol–water partition coefficient (Wildman–Crippen LogP) is 1.74. The maximum Gasteiger partial charge on any atom is 0.251 e. The van der Waals surface area contributed by atoms with Crippen LogP contribution in [-0.2, 0) is 9.59 Å². The largest absolute Gasteiger partial charge is 0.376 e. The van der Waals surface area contributed by atoms with Crippen molar-refractivity contribution in [3.05, 3.63) is 59.4 Å². The normalized spacial score (nSPS) is 10.2. The second-order valence-electron chi connectivity index (χ2n) is 6.08. The van der Waals surface area contributed by atoms with Crippen molar-refractivity contribution in [3.8, 4) is 0 Å². The van der Waals surface area contributed by atoms with Crippen molar-refractivity contribution in [2.24, 2.45) is 5.73 Å². The fourth-order valence-electron chi connectivity index (χ4n) is 2.28. The lowest BCUT2D eigenvalue weighted by molar-refractivity contribution is -0.131. The van der Waals surface area contributed by atoms with E-state index in [0.717, 1.165) is 11.6 Å². The van der Waals surface area contributed by atoms with Crippen molar-refractivity contribution in [3.63, 3.8) is 0 Å². The number of carbonyl (C=O) groups is 3. The van der Waals surface area contributed by atoms with Gasteiger partial charge in [0.1, 0.15) is 5.82 Å². The molecule has 2 rings (SSSR count). The molecule has 0 aliphatic carbocycles. The Kier molecular flexibility index (Phi) is 6.48. The highest BCUT2D eigenvalue weighted by Gasteiger charge is 2.14. The number of rotatable bonds is 7. The molecule has 0 atom stereocenters. The van der Waals surface area contributed by atoms with E-state index < -0.39 is 11.7 Å². The zero-order valence-corrected chi connectivity index (χ0v) is 15.1. The van der Waals surface area contributed by atoms with Crippen LogP contribution < -0.4 is 16.4 Å². The van der Waals surface area contributed by atoms with Gasteiger partial charge in [-0.05, 0) is 37.3 Å². The number of benzene rings is 2. The zero-order valence-electron chi connectivity index (χ0n) is 15.1. The first-order valence-electron chi connectivity index (χ1n) is 8.20. The first kappa shape index (κ1) is 19.9. The number of primary amides is 1. The summed E-state index contributed by atoms with van der Waals surface area (Å²) in [7, 11) is 1.50. The summed E-state index contributed by atoms with van der Waals surface area (Å²) in [4.78, 5) is 36.4. The van der Waals surface area contributed by atoms with Crippen molar-refractivity contribution in [1.29, 1.82) is 0 Å². The lowest BCUT2D eigenvalue weighted by atomic mass is 10.2. The molecule has 8 heteroatoms. The van der Waals surface area contributed by atoms with Crippen LogP contribution in [0.4, 0.5) is 15.8 Å². The van der Waals surface area contributed by atoms with E-state index in [0.29, 0.717) is 11.4 Å². The number of nitrogens with one attached hydrogen (secondary N) is 2. The lowest BCUT2D eigenvalue weighted by Gasteiger charge is -2.17. The number of hydrogen-bond acceptors (Lipinski definition) is 4. The molecule has 4 N–H and O–H groups in total. The molecule has 0 aliphatic rings. The van der Waals surface area contributed by atoms with Gasteiger partial charge in [0, 0.05) is 18.4 Å². The molecule has 0 radical (unpaired) electrons. The number of carbonyl (C=O) groups excluding carboxylic acids is 3. The van der Waals surface area contributed by atoms with E-state index in [4.69, 9.17) is 5.73 Å². The zero-order chi connectivity index (χ0) is 20.0. The van der Waals surface area contributed by atoms with Crippen molar-refractivity contribution >= 4 is 29.1 Å². The summed E-state index contributed by atoms with van der Waals surface area (Å²) >= 11 is 0. The Bertz CT molecular complexity index is 853. The number of hydrogen-bond donors (Lipinski definition) is 3. The van der Waals surface area contributed by atoms with Crippen LogP contribution in [0.15, 0.2) is 42.5 Å². The van der Waals surface area contributed by atoms with E-state index in [1.54, 1.807) is 12.1 Å². The van der Waals surface area contributed by atoms with E-state index in [1.807, 2.05) is 19.1 Å². The van der Waals surface area contributed by atoms with Gasteiger partial charge in [0.2, 0.25) is 11.8 Å². The summed E-state index contributed by atoms with van der Waals surface area (Å²) in [5, 5.41) is 5.45. The number of nitrogens with two attached hydrogens (primary N) is 1. The molecule has 7 nitrogen and oxygen atoms in total. The van der Waals surface area contributed by atoms with Crippen LogP contribution in [0.25, 0.3) is 0 Å². The maximum absolute atomic E-state index is 13.7. The van der Waals surface area contributed by atoms with Gasteiger partial charge >= 0.3 is 0 Å². The summed E-state index contributed by atoms with van der Waals surface area (Å²) in [6.45, 7) is 1.69. The average Bonchev–Trinajstić information content (AvgIpc) is 2.61. The average molecular weight is 372 g/mol. The van der Waals surface area contributed by atoms with Crippen LogP contribution in [0.5, 0.6) is 0 Å². The number of halogens is 1. The number of nitrogens with zero attached hydrogens (tertiary/aromatic N) is 1. The topological polar surface area (TPSA) is 105 Å². The van der Waals surface area contributed by atoms with Gasteiger partial charge in [-0.2, -0.15) is 0 Å². The Balaban J connectivity index is 1.84. The predicted molar refractivity (Wildman–Crippen MR) is 101 cm³/mol. The van der Waals surface area contributed by atoms with Crippen molar-refractivity contribution in [2.75, 3.05) is 30.8 Å². The van der Waals surface area contributed by atoms with Crippen LogP contribution in [0.1, 0.15) is 15.9 Å². The molecule has 0 aliphatic heterocycles. The molecule has 0 unspecified atom stereocenters. The van der Waals surface area contributed by atoms with Gasteiger partial charge in [-0.1, -0.05) is 17.7 Å². The summed E-state index contributed by atoms with van der Waals surface area (Å²) < 4.78 is 13.7. The summed E-state index contributed by atoms with van der Waals surface area (Å²) in [5.41, 5.74) is 6.86. The van der Waals surface area contributed by atoms with E-state index >= 15 is 0 Å². The van der Waals surface area contributed by atoms with Crippen molar-refractivity contribution in [1.82, 2.24) is 4.90 Å². The van der Waals surface area contributed by atoms with Crippen LogP contribution >= 0.6 is 0 Å². The van der Waals surface area contributed by atoms with Crippen molar-refractivity contribution in [2.45, 2.75) is 6.92 Å². The number of anilines is 2. The summed E-state index contributed by atoms with van der Waals surface area (Å²) in [5.74, 6) is -2.32. The fourth-order valence-corrected chi connectivity index (χ4v) is 2.28. The van der Waals surface area contributed by atoms with Gasteiger partial charge in [-0.25, -0.2) is 4.39 Å². The molecule has 0 heterocycles. The molecular weight excluding hydrogens is 351 g/mol. The SMILES string of the molecule is Cc1ccc(NC(=O)CN(C)C(=O)CNc2ccc(C(N)=O)c(F)c2)cc1. The maximum atomic E-state index is 13.7. The van der Waals surface area contributed by atoms with Gasteiger partial charge in [-0.15, -0.1) is 0 Å². The highest BCUT2D eigenvalue weighted by molar-refractivity contribution is 5.95. The van der Waals surface area contributed by atoms with E-state index in [2.05, 4.69) is 10.6 Å². The third kappa shape index (κ3) is 5.81. The number of aryl methyl sites for hydroxylation is 1. The molecule has 2 aromatic rings. The summed E-state index contributed by atoms with van der Waals surface area (Å²) in [6.07, 6.45) is 0. The molecule has 0 saturated heterocycles. The van der Waals surface area contributed by atoms with Crippen LogP contribution in [0.3, 0.4) is 0 Å². The van der Waals surface area contributed by atoms with E-state index in [1.165, 1.54) is 24.1 Å². The standard InChI is InChI=1S/C19H21FN4O3/c1-12-3-5-13(6-4-12)23-17(25)11-24(2)18(26)10-22-14-7-8-15(19(21)27)16(20)9-14/h3-9,22H,10-11H2,1-2H3,(H2,21,27)(H,23,25). The minimum Gasteiger partial charge on any atom is -0.376 e. The van der Waals surface area contributed by atoms with Gasteiger partial charge in [0.15, 0.2) is 0 Å². The van der Waals surface area contributed by atoms with Crippen LogP contribution in [0.2, 0.25) is 0 Å². The third-order valence-electron chi connectivity index (χ3n) is 3.82. The van der Waals surface area contributed by atoms with Crippen LogP contribution in [-0.4, -0.2) is 42.8 Å². The second kappa shape index (κ2) is 8.79. The first-order chi connectivity index (χ1) is 12.8. The van der Waals surface area contributed by atoms with Crippen LogP contribution in [0, 0.1) is 12.7 Å². The molecule has 0 bridgehead atoms. The Hall–Kier alpha value is -3.42.